The molecule has 5 heteroatoms. The molecule has 1 heterocycles. The monoisotopic (exact) mass is 143 g/mol. The van der Waals surface area contributed by atoms with Gasteiger partial charge >= 0.3 is 5.95 Å². The number of rotatable bonds is 2. The standard InChI is InChI=1S/C5H9N3O2/c1-2-8(6)4-3-7-10-5(4)9/h3,9H,2,6H2,1H3. The van der Waals surface area contributed by atoms with E-state index in [0.29, 0.717) is 12.2 Å². The smallest absolute Gasteiger partial charge is 0.333 e. The molecule has 0 radical (unpaired) electrons. The van der Waals surface area contributed by atoms with Gasteiger partial charge in [-0.25, -0.2) is 5.84 Å². The van der Waals surface area contributed by atoms with Crippen LogP contribution in [0.1, 0.15) is 6.92 Å². The first-order valence-corrected chi connectivity index (χ1v) is 2.91. The van der Waals surface area contributed by atoms with Crippen LogP contribution in [-0.2, 0) is 0 Å². The average molecular weight is 143 g/mol. The second-order valence-corrected chi connectivity index (χ2v) is 1.80. The molecule has 1 aromatic rings. The minimum absolute atomic E-state index is 0.246. The van der Waals surface area contributed by atoms with Gasteiger partial charge in [-0.3, -0.25) is 0 Å². The van der Waals surface area contributed by atoms with Gasteiger partial charge in [0.1, 0.15) is 0 Å². The van der Waals surface area contributed by atoms with E-state index in [4.69, 9.17) is 10.9 Å². The largest absolute Gasteiger partial charge is 0.478 e. The Morgan fingerprint density at radius 3 is 3.00 bits per heavy atom. The van der Waals surface area contributed by atoms with Gasteiger partial charge in [0, 0.05) is 6.54 Å². The van der Waals surface area contributed by atoms with Gasteiger partial charge in [0.15, 0.2) is 5.69 Å². The zero-order valence-electron chi connectivity index (χ0n) is 5.61. The molecule has 56 valence electrons. The van der Waals surface area contributed by atoms with Crippen molar-refractivity contribution in [2.75, 3.05) is 11.6 Å². The van der Waals surface area contributed by atoms with E-state index in [1.54, 1.807) is 0 Å². The first-order valence-electron chi connectivity index (χ1n) is 2.91. The van der Waals surface area contributed by atoms with Crippen molar-refractivity contribution in [3.63, 3.8) is 0 Å². The molecule has 10 heavy (non-hydrogen) atoms. The van der Waals surface area contributed by atoms with Crippen LogP contribution in [0.2, 0.25) is 0 Å². The third-order valence-electron chi connectivity index (χ3n) is 1.18. The van der Waals surface area contributed by atoms with Gasteiger partial charge < -0.3 is 14.6 Å². The van der Waals surface area contributed by atoms with Gasteiger partial charge in [0.25, 0.3) is 0 Å². The molecule has 0 aliphatic rings. The van der Waals surface area contributed by atoms with Crippen molar-refractivity contribution >= 4 is 5.69 Å². The van der Waals surface area contributed by atoms with Crippen molar-refractivity contribution in [1.29, 1.82) is 0 Å². The Hall–Kier alpha value is -1.23. The average Bonchev–Trinajstić information content (AvgIpc) is 2.34. The predicted molar refractivity (Wildman–Crippen MR) is 35.4 cm³/mol. The minimum atomic E-state index is -0.246. The minimum Gasteiger partial charge on any atom is -0.478 e. The fraction of sp³-hybridized carbons (Fsp3) is 0.400. The molecule has 0 amide bonds. The summed E-state index contributed by atoms with van der Waals surface area (Å²) in [6.07, 6.45) is 1.36. The van der Waals surface area contributed by atoms with E-state index in [2.05, 4.69) is 9.68 Å². The molecule has 0 fully saturated rings. The van der Waals surface area contributed by atoms with Gasteiger partial charge in [-0.1, -0.05) is 5.16 Å². The van der Waals surface area contributed by atoms with E-state index in [-0.39, 0.29) is 5.95 Å². The number of nitrogens with two attached hydrogens (primary N) is 1. The molecule has 0 unspecified atom stereocenters. The number of aromatic hydroxyl groups is 1. The Kier molecular flexibility index (Phi) is 1.77. The van der Waals surface area contributed by atoms with Crippen LogP contribution < -0.4 is 10.9 Å². The highest BCUT2D eigenvalue weighted by atomic mass is 16.5. The van der Waals surface area contributed by atoms with E-state index in [1.165, 1.54) is 11.2 Å². The van der Waals surface area contributed by atoms with E-state index in [0.717, 1.165) is 0 Å². The second kappa shape index (κ2) is 2.57. The summed E-state index contributed by atoms with van der Waals surface area (Å²) in [7, 11) is 0. The van der Waals surface area contributed by atoms with Gasteiger partial charge in [-0.05, 0) is 6.92 Å². The third kappa shape index (κ3) is 1.03. The summed E-state index contributed by atoms with van der Waals surface area (Å²) in [6.45, 7) is 2.45. The summed E-state index contributed by atoms with van der Waals surface area (Å²) < 4.78 is 4.37. The molecule has 0 spiro atoms. The van der Waals surface area contributed by atoms with Gasteiger partial charge in [0.05, 0.1) is 6.20 Å². The lowest BCUT2D eigenvalue weighted by Gasteiger charge is -2.11. The number of nitrogens with zero attached hydrogens (tertiary/aromatic N) is 2. The van der Waals surface area contributed by atoms with Crippen LogP contribution >= 0.6 is 0 Å². The van der Waals surface area contributed by atoms with E-state index in [1.807, 2.05) is 6.92 Å². The molecule has 1 aromatic heterocycles. The van der Waals surface area contributed by atoms with Crippen molar-refractivity contribution in [2.45, 2.75) is 6.92 Å². The molecule has 0 saturated carbocycles. The summed E-state index contributed by atoms with van der Waals surface area (Å²) >= 11 is 0. The van der Waals surface area contributed by atoms with E-state index in [9.17, 15) is 0 Å². The van der Waals surface area contributed by atoms with Crippen LogP contribution in [0, 0.1) is 0 Å². The fourth-order valence-electron chi connectivity index (χ4n) is 0.596. The van der Waals surface area contributed by atoms with Gasteiger partial charge in [-0.2, -0.15) is 0 Å². The fourth-order valence-corrected chi connectivity index (χ4v) is 0.596. The van der Waals surface area contributed by atoms with E-state index < -0.39 is 0 Å². The van der Waals surface area contributed by atoms with Crippen molar-refractivity contribution in [3.05, 3.63) is 6.20 Å². The van der Waals surface area contributed by atoms with Crippen molar-refractivity contribution < 1.29 is 9.63 Å². The van der Waals surface area contributed by atoms with Crippen molar-refractivity contribution in [2.24, 2.45) is 5.84 Å². The first-order chi connectivity index (χ1) is 4.75. The Morgan fingerprint density at radius 1 is 1.90 bits per heavy atom. The highest BCUT2D eigenvalue weighted by Crippen LogP contribution is 2.23. The van der Waals surface area contributed by atoms with Crippen molar-refractivity contribution in [1.82, 2.24) is 5.16 Å². The predicted octanol–water partition coefficient (Wildman–Crippen LogP) is 0.0802. The zero-order chi connectivity index (χ0) is 7.56. The molecule has 5 nitrogen and oxygen atoms in total. The van der Waals surface area contributed by atoms with Crippen LogP contribution in [0.15, 0.2) is 10.7 Å². The summed E-state index contributed by atoms with van der Waals surface area (Å²) in [6, 6.07) is 0. The normalized spacial score (nSPS) is 9.80. The molecule has 0 aromatic carbocycles. The molecule has 0 aliphatic carbocycles. The number of hydrogen-bond donors (Lipinski definition) is 2. The van der Waals surface area contributed by atoms with Gasteiger partial charge in [0.2, 0.25) is 0 Å². The number of hydrazine groups is 1. The summed E-state index contributed by atoms with van der Waals surface area (Å²) in [5.41, 5.74) is 0.405. The highest BCUT2D eigenvalue weighted by molar-refractivity contribution is 5.49. The zero-order valence-corrected chi connectivity index (χ0v) is 5.61. The Morgan fingerprint density at radius 2 is 2.60 bits per heavy atom. The SMILES string of the molecule is CCN(N)c1cnoc1O. The molecular weight excluding hydrogens is 134 g/mol. The summed E-state index contributed by atoms with van der Waals surface area (Å²) in [5, 5.41) is 13.6. The van der Waals surface area contributed by atoms with Crippen molar-refractivity contribution in [3.8, 4) is 5.95 Å². The molecule has 0 aliphatic heterocycles. The van der Waals surface area contributed by atoms with Crippen LogP contribution in [0.4, 0.5) is 5.69 Å². The molecule has 1 rings (SSSR count). The maximum absolute atomic E-state index is 8.90. The lowest BCUT2D eigenvalue weighted by atomic mass is 10.5. The molecule has 3 N–H and O–H groups in total. The Balaban J connectivity index is 2.82. The third-order valence-corrected chi connectivity index (χ3v) is 1.18. The van der Waals surface area contributed by atoms with E-state index >= 15 is 0 Å². The molecule has 0 saturated heterocycles. The molecular formula is C5H9N3O2. The highest BCUT2D eigenvalue weighted by Gasteiger charge is 2.08. The van der Waals surface area contributed by atoms with Gasteiger partial charge in [-0.15, -0.1) is 0 Å². The molecule has 0 bridgehead atoms. The lowest BCUT2D eigenvalue weighted by Crippen LogP contribution is -2.29. The summed E-state index contributed by atoms with van der Waals surface area (Å²) in [4.78, 5) is 0. The maximum Gasteiger partial charge on any atom is 0.333 e. The number of aromatic nitrogens is 1. The molecule has 0 atom stereocenters. The Labute approximate surface area is 58.0 Å². The topological polar surface area (TPSA) is 75.5 Å². The second-order valence-electron chi connectivity index (χ2n) is 1.80. The first kappa shape index (κ1) is 6.88. The van der Waals surface area contributed by atoms with Crippen LogP contribution in [0.25, 0.3) is 0 Å². The maximum atomic E-state index is 8.90. The lowest BCUT2D eigenvalue weighted by molar-refractivity contribution is 0.278. The van der Waals surface area contributed by atoms with Crippen LogP contribution in [0.3, 0.4) is 0 Å². The quantitative estimate of drug-likeness (QED) is 0.453. The van der Waals surface area contributed by atoms with Crippen LogP contribution in [0.5, 0.6) is 5.95 Å². The summed E-state index contributed by atoms with van der Waals surface area (Å²) in [5.74, 6) is 5.17. The van der Waals surface area contributed by atoms with Crippen LogP contribution in [-0.4, -0.2) is 16.8 Å². The number of anilines is 1. The number of hydrogen-bond acceptors (Lipinski definition) is 5. The Bertz CT molecular complexity index is 210.